The van der Waals surface area contributed by atoms with E-state index in [0.717, 1.165) is 4.90 Å². The van der Waals surface area contributed by atoms with E-state index >= 15 is 0 Å². The van der Waals surface area contributed by atoms with Crippen LogP contribution in [-0.4, -0.2) is 36.8 Å². The molecule has 1 N–H and O–H groups in total. The van der Waals surface area contributed by atoms with Crippen molar-refractivity contribution in [3.63, 3.8) is 0 Å². The zero-order chi connectivity index (χ0) is 19.0. The van der Waals surface area contributed by atoms with E-state index in [4.69, 9.17) is 25.8 Å². The molecule has 7 nitrogen and oxygen atoms in total. The zero-order valence-corrected chi connectivity index (χ0v) is 15.3. The van der Waals surface area contributed by atoms with Crippen molar-refractivity contribution in [1.29, 1.82) is 0 Å². The van der Waals surface area contributed by atoms with Gasteiger partial charge in [-0.05, 0) is 36.8 Å². The third-order valence-corrected chi connectivity index (χ3v) is 4.95. The van der Waals surface area contributed by atoms with Gasteiger partial charge in [0.15, 0.2) is 11.5 Å². The van der Waals surface area contributed by atoms with Gasteiger partial charge in [0.2, 0.25) is 6.79 Å². The van der Waals surface area contributed by atoms with Crippen molar-refractivity contribution in [2.45, 2.75) is 12.5 Å². The second kappa shape index (κ2) is 6.66. The number of fused-ring (bicyclic) bond motifs is 1. The van der Waals surface area contributed by atoms with Crippen LogP contribution in [0.25, 0.3) is 0 Å². The summed E-state index contributed by atoms with van der Waals surface area (Å²) in [6, 6.07) is 11.7. The van der Waals surface area contributed by atoms with Crippen LogP contribution in [0.3, 0.4) is 0 Å². The number of amides is 3. The Labute approximate surface area is 160 Å². The normalized spacial score (nSPS) is 20.7. The fourth-order valence-electron chi connectivity index (χ4n) is 3.11. The number of para-hydroxylation sites is 1. The molecule has 4 rings (SSSR count). The van der Waals surface area contributed by atoms with Crippen molar-refractivity contribution in [1.82, 2.24) is 10.2 Å². The number of rotatable bonds is 5. The summed E-state index contributed by atoms with van der Waals surface area (Å²) >= 11 is 6.04. The first-order valence-electron chi connectivity index (χ1n) is 8.40. The van der Waals surface area contributed by atoms with Crippen LogP contribution in [0.15, 0.2) is 42.5 Å². The van der Waals surface area contributed by atoms with Gasteiger partial charge in [-0.25, -0.2) is 4.79 Å². The first-order chi connectivity index (χ1) is 13.0. The van der Waals surface area contributed by atoms with Crippen LogP contribution in [0, 0.1) is 0 Å². The van der Waals surface area contributed by atoms with Gasteiger partial charge < -0.3 is 19.5 Å². The number of imide groups is 1. The summed E-state index contributed by atoms with van der Waals surface area (Å²) < 4.78 is 16.2. The zero-order valence-electron chi connectivity index (χ0n) is 14.5. The molecule has 140 valence electrons. The van der Waals surface area contributed by atoms with E-state index in [-0.39, 0.29) is 25.9 Å². The molecule has 0 radical (unpaired) electrons. The van der Waals surface area contributed by atoms with Crippen molar-refractivity contribution in [2.24, 2.45) is 0 Å². The molecule has 0 unspecified atom stereocenters. The van der Waals surface area contributed by atoms with Crippen molar-refractivity contribution >= 4 is 23.5 Å². The third kappa shape index (κ3) is 3.04. The Morgan fingerprint density at radius 2 is 1.96 bits per heavy atom. The van der Waals surface area contributed by atoms with E-state index in [1.54, 1.807) is 49.4 Å². The molecule has 0 spiro atoms. The van der Waals surface area contributed by atoms with Crippen molar-refractivity contribution in [3.05, 3.63) is 53.1 Å². The Hall–Kier alpha value is -2.93. The fourth-order valence-corrected chi connectivity index (χ4v) is 3.30. The molecule has 27 heavy (non-hydrogen) atoms. The largest absolute Gasteiger partial charge is 0.490 e. The highest BCUT2D eigenvalue weighted by molar-refractivity contribution is 6.32. The summed E-state index contributed by atoms with van der Waals surface area (Å²) in [4.78, 5) is 26.4. The summed E-state index contributed by atoms with van der Waals surface area (Å²) in [5.41, 5.74) is -0.553. The fraction of sp³-hybridized carbons (Fsp3) is 0.263. The molecule has 2 aromatic rings. The Morgan fingerprint density at radius 3 is 2.78 bits per heavy atom. The van der Waals surface area contributed by atoms with E-state index in [1.165, 1.54) is 0 Å². The molecule has 1 saturated heterocycles. The van der Waals surface area contributed by atoms with Crippen LogP contribution in [0.5, 0.6) is 17.2 Å². The number of hydrogen-bond donors (Lipinski definition) is 1. The highest BCUT2D eigenvalue weighted by Gasteiger charge is 2.49. The minimum atomic E-state index is -1.18. The molecule has 0 saturated carbocycles. The standard InChI is InChI=1S/C19H17ClN2O5/c1-19(12-6-7-15-16(10-12)27-11-26-15)17(23)22(18(24)21-19)8-9-25-14-5-3-2-4-13(14)20/h2-7,10H,8-9,11H2,1H3,(H,21,24)/t19-/m0/s1. The summed E-state index contributed by atoms with van der Waals surface area (Å²) in [5, 5.41) is 3.23. The predicted molar refractivity (Wildman–Crippen MR) is 97.1 cm³/mol. The highest BCUT2D eigenvalue weighted by Crippen LogP contribution is 2.37. The maximum Gasteiger partial charge on any atom is 0.325 e. The molecule has 3 amide bonds. The van der Waals surface area contributed by atoms with Gasteiger partial charge in [-0.1, -0.05) is 29.8 Å². The number of hydrogen-bond acceptors (Lipinski definition) is 5. The van der Waals surface area contributed by atoms with Crippen LogP contribution < -0.4 is 19.5 Å². The lowest BCUT2D eigenvalue weighted by atomic mass is 9.91. The van der Waals surface area contributed by atoms with Gasteiger partial charge in [0.25, 0.3) is 5.91 Å². The maximum atomic E-state index is 12.9. The molecule has 0 aromatic heterocycles. The summed E-state index contributed by atoms with van der Waals surface area (Å²) in [7, 11) is 0. The topological polar surface area (TPSA) is 77.1 Å². The summed E-state index contributed by atoms with van der Waals surface area (Å²) in [6.45, 7) is 2.05. The summed E-state index contributed by atoms with van der Waals surface area (Å²) in [6.07, 6.45) is 0. The Bertz CT molecular complexity index is 919. The number of halogens is 1. The Morgan fingerprint density at radius 1 is 1.19 bits per heavy atom. The van der Waals surface area contributed by atoms with E-state index in [0.29, 0.717) is 27.8 Å². The molecule has 0 aliphatic carbocycles. The number of carbonyl (C=O) groups excluding carboxylic acids is 2. The molecule has 0 bridgehead atoms. The van der Waals surface area contributed by atoms with Crippen molar-refractivity contribution in [3.8, 4) is 17.2 Å². The number of nitrogens with zero attached hydrogens (tertiary/aromatic N) is 1. The van der Waals surface area contributed by atoms with Gasteiger partial charge in [-0.3, -0.25) is 9.69 Å². The van der Waals surface area contributed by atoms with Crippen LogP contribution in [0.1, 0.15) is 12.5 Å². The lowest BCUT2D eigenvalue weighted by Crippen LogP contribution is -2.41. The SMILES string of the molecule is C[C@@]1(c2ccc3c(c2)OCO3)NC(=O)N(CCOc2ccccc2Cl)C1=O. The van der Waals surface area contributed by atoms with Gasteiger partial charge in [0.05, 0.1) is 11.6 Å². The van der Waals surface area contributed by atoms with Gasteiger partial charge in [-0.15, -0.1) is 0 Å². The lowest BCUT2D eigenvalue weighted by molar-refractivity contribution is -0.131. The van der Waals surface area contributed by atoms with Crippen LogP contribution in [-0.2, 0) is 10.3 Å². The van der Waals surface area contributed by atoms with Gasteiger partial charge in [0.1, 0.15) is 17.9 Å². The molecular formula is C19H17ClN2O5. The van der Waals surface area contributed by atoms with Gasteiger partial charge in [0, 0.05) is 0 Å². The van der Waals surface area contributed by atoms with Gasteiger partial charge >= 0.3 is 6.03 Å². The van der Waals surface area contributed by atoms with Crippen LogP contribution in [0.2, 0.25) is 5.02 Å². The molecule has 2 heterocycles. The molecule has 2 aliphatic rings. The molecule has 2 aliphatic heterocycles. The van der Waals surface area contributed by atoms with E-state index in [9.17, 15) is 9.59 Å². The number of urea groups is 1. The van der Waals surface area contributed by atoms with Gasteiger partial charge in [-0.2, -0.15) is 0 Å². The minimum Gasteiger partial charge on any atom is -0.490 e. The van der Waals surface area contributed by atoms with Crippen LogP contribution >= 0.6 is 11.6 Å². The molecule has 1 fully saturated rings. The molecule has 1 atom stereocenters. The smallest absolute Gasteiger partial charge is 0.325 e. The summed E-state index contributed by atoms with van der Waals surface area (Å²) in [5.74, 6) is 1.32. The first kappa shape index (κ1) is 17.5. The number of benzene rings is 2. The number of carbonyl (C=O) groups is 2. The van der Waals surface area contributed by atoms with E-state index in [2.05, 4.69) is 5.32 Å². The second-order valence-corrected chi connectivity index (χ2v) is 6.77. The van der Waals surface area contributed by atoms with E-state index in [1.807, 2.05) is 0 Å². The maximum absolute atomic E-state index is 12.9. The van der Waals surface area contributed by atoms with Crippen molar-refractivity contribution in [2.75, 3.05) is 19.9 Å². The second-order valence-electron chi connectivity index (χ2n) is 6.36. The molecule has 2 aromatic carbocycles. The average molecular weight is 389 g/mol. The molecular weight excluding hydrogens is 372 g/mol. The Balaban J connectivity index is 1.47. The number of nitrogens with one attached hydrogen (secondary N) is 1. The monoisotopic (exact) mass is 388 g/mol. The van der Waals surface area contributed by atoms with Crippen molar-refractivity contribution < 1.29 is 23.8 Å². The van der Waals surface area contributed by atoms with Crippen LogP contribution in [0.4, 0.5) is 4.79 Å². The molecule has 8 heteroatoms. The minimum absolute atomic E-state index is 0.107. The Kier molecular flexibility index (Phi) is 4.31. The quantitative estimate of drug-likeness (QED) is 0.797. The predicted octanol–water partition coefficient (Wildman–Crippen LogP) is 2.91. The highest BCUT2D eigenvalue weighted by atomic mass is 35.5. The van der Waals surface area contributed by atoms with E-state index < -0.39 is 11.6 Å². The number of ether oxygens (including phenoxy) is 3. The lowest BCUT2D eigenvalue weighted by Gasteiger charge is -2.22. The average Bonchev–Trinajstić information content (AvgIpc) is 3.21. The first-order valence-corrected chi connectivity index (χ1v) is 8.78. The third-order valence-electron chi connectivity index (χ3n) is 4.63.